The quantitative estimate of drug-likeness (QED) is 0.324. The topological polar surface area (TPSA) is 86.9 Å². The van der Waals surface area contributed by atoms with Gasteiger partial charge in [0.25, 0.3) is 0 Å². The van der Waals surface area contributed by atoms with Crippen molar-refractivity contribution in [1.29, 1.82) is 0 Å². The van der Waals surface area contributed by atoms with Crippen LogP contribution in [0.4, 0.5) is 5.82 Å². The fourth-order valence-corrected chi connectivity index (χ4v) is 4.35. The summed E-state index contributed by atoms with van der Waals surface area (Å²) in [4.78, 5) is 13.0. The normalized spacial score (nSPS) is 12.1. The van der Waals surface area contributed by atoms with Crippen molar-refractivity contribution in [2.75, 3.05) is 12.4 Å². The number of methoxy groups -OCH3 is 1. The van der Waals surface area contributed by atoms with Crippen molar-refractivity contribution in [1.82, 2.24) is 24.5 Å². The lowest BCUT2D eigenvalue weighted by atomic mass is 10.2. The van der Waals surface area contributed by atoms with Crippen LogP contribution in [-0.4, -0.2) is 42.8 Å². The second-order valence-electron chi connectivity index (χ2n) is 7.85. The average Bonchev–Trinajstić information content (AvgIpc) is 3.47. The van der Waals surface area contributed by atoms with Crippen molar-refractivity contribution >= 4 is 35.1 Å². The SMILES string of the molecule is COc1ccc(-c2nnc(SC(C)C(=O)Nc3ccnn3C(C)C)n2-c2ccc(Cl)cc2)cc1. The van der Waals surface area contributed by atoms with E-state index < -0.39 is 5.25 Å². The molecule has 0 spiro atoms. The molecule has 0 aliphatic heterocycles. The second-order valence-corrected chi connectivity index (χ2v) is 9.59. The fraction of sp³-hybridized carbons (Fsp3) is 0.250. The highest BCUT2D eigenvalue weighted by Crippen LogP contribution is 2.31. The van der Waals surface area contributed by atoms with Gasteiger partial charge in [-0.1, -0.05) is 23.4 Å². The van der Waals surface area contributed by atoms with Crippen molar-refractivity contribution in [3.8, 4) is 22.8 Å². The van der Waals surface area contributed by atoms with Gasteiger partial charge in [-0.25, -0.2) is 4.68 Å². The fourth-order valence-electron chi connectivity index (χ4n) is 3.36. The second kappa shape index (κ2) is 10.3. The Morgan fingerprint density at radius 2 is 1.74 bits per heavy atom. The van der Waals surface area contributed by atoms with Gasteiger partial charge in [-0.3, -0.25) is 9.36 Å². The van der Waals surface area contributed by atoms with E-state index in [1.165, 1.54) is 11.8 Å². The minimum atomic E-state index is -0.436. The first kappa shape index (κ1) is 23.8. The predicted molar refractivity (Wildman–Crippen MR) is 135 cm³/mol. The number of hydrogen-bond acceptors (Lipinski definition) is 6. The van der Waals surface area contributed by atoms with E-state index in [9.17, 15) is 4.79 Å². The average molecular weight is 497 g/mol. The number of anilines is 1. The van der Waals surface area contributed by atoms with Crippen molar-refractivity contribution in [2.45, 2.75) is 37.2 Å². The van der Waals surface area contributed by atoms with Crippen LogP contribution >= 0.6 is 23.4 Å². The first-order valence-corrected chi connectivity index (χ1v) is 12.0. The number of benzene rings is 2. The van der Waals surface area contributed by atoms with Crippen molar-refractivity contribution in [3.05, 3.63) is 65.8 Å². The lowest BCUT2D eigenvalue weighted by Gasteiger charge is -2.16. The molecule has 0 bridgehead atoms. The van der Waals surface area contributed by atoms with Gasteiger partial charge in [0.1, 0.15) is 11.6 Å². The Morgan fingerprint density at radius 1 is 1.03 bits per heavy atom. The highest BCUT2D eigenvalue weighted by molar-refractivity contribution is 8.00. The lowest BCUT2D eigenvalue weighted by Crippen LogP contribution is -2.25. The standard InChI is InChI=1S/C24H25ClN6O2S/c1-15(2)31-21(13-14-26-31)27-23(32)16(3)34-24-29-28-22(17-5-11-20(33-4)12-6-17)30(24)19-9-7-18(25)8-10-19/h5-16H,1-4H3,(H,27,32). The summed E-state index contributed by atoms with van der Waals surface area (Å²) in [5.74, 6) is 1.91. The summed E-state index contributed by atoms with van der Waals surface area (Å²) in [7, 11) is 1.63. The first-order valence-electron chi connectivity index (χ1n) is 10.7. The molecule has 0 radical (unpaired) electrons. The van der Waals surface area contributed by atoms with E-state index in [-0.39, 0.29) is 11.9 Å². The van der Waals surface area contributed by atoms with E-state index in [1.54, 1.807) is 24.1 Å². The Morgan fingerprint density at radius 3 is 2.38 bits per heavy atom. The van der Waals surface area contributed by atoms with Gasteiger partial charge in [0.05, 0.1) is 18.6 Å². The summed E-state index contributed by atoms with van der Waals surface area (Å²) in [6, 6.07) is 16.9. The van der Waals surface area contributed by atoms with Crippen LogP contribution < -0.4 is 10.1 Å². The van der Waals surface area contributed by atoms with E-state index in [4.69, 9.17) is 16.3 Å². The van der Waals surface area contributed by atoms with E-state index in [1.807, 2.05) is 73.9 Å². The van der Waals surface area contributed by atoms with Crippen molar-refractivity contribution < 1.29 is 9.53 Å². The summed E-state index contributed by atoms with van der Waals surface area (Å²) < 4.78 is 8.96. The van der Waals surface area contributed by atoms with Crippen molar-refractivity contribution in [2.24, 2.45) is 0 Å². The Bertz CT molecular complexity index is 1270. The summed E-state index contributed by atoms with van der Waals surface area (Å²) in [5, 5.41) is 16.9. The smallest absolute Gasteiger partial charge is 0.238 e. The Kier molecular flexibility index (Phi) is 7.23. The third-order valence-corrected chi connectivity index (χ3v) is 6.42. The summed E-state index contributed by atoms with van der Waals surface area (Å²) >= 11 is 7.44. The Balaban J connectivity index is 1.64. The summed E-state index contributed by atoms with van der Waals surface area (Å²) in [5.41, 5.74) is 1.71. The van der Waals surface area contributed by atoms with E-state index in [0.717, 1.165) is 17.0 Å². The molecule has 0 aliphatic carbocycles. The van der Waals surface area contributed by atoms with Gasteiger partial charge in [0, 0.05) is 28.4 Å². The van der Waals surface area contributed by atoms with Crippen molar-refractivity contribution in [3.63, 3.8) is 0 Å². The molecule has 0 saturated heterocycles. The number of carbonyl (C=O) groups excluding carboxylic acids is 1. The molecule has 10 heteroatoms. The van der Waals surface area contributed by atoms with Crippen LogP contribution in [0.3, 0.4) is 0 Å². The maximum atomic E-state index is 13.0. The zero-order valence-corrected chi connectivity index (χ0v) is 20.8. The molecule has 2 aromatic carbocycles. The third-order valence-electron chi connectivity index (χ3n) is 5.13. The molecule has 1 unspecified atom stereocenters. The minimum Gasteiger partial charge on any atom is -0.497 e. The molecule has 0 saturated carbocycles. The number of halogens is 1. The molecule has 176 valence electrons. The Labute approximate surface area is 207 Å². The van der Waals surface area contributed by atoms with Crippen LogP contribution in [0.5, 0.6) is 5.75 Å². The molecule has 1 amide bonds. The van der Waals surface area contributed by atoms with Gasteiger partial charge in [-0.15, -0.1) is 10.2 Å². The minimum absolute atomic E-state index is 0.133. The maximum absolute atomic E-state index is 13.0. The van der Waals surface area contributed by atoms with Gasteiger partial charge in [-0.05, 0) is 69.3 Å². The van der Waals surface area contributed by atoms with E-state index >= 15 is 0 Å². The lowest BCUT2D eigenvalue weighted by molar-refractivity contribution is -0.115. The van der Waals surface area contributed by atoms with Gasteiger partial charge in [-0.2, -0.15) is 5.10 Å². The highest BCUT2D eigenvalue weighted by atomic mass is 35.5. The number of hydrogen-bond donors (Lipinski definition) is 1. The molecule has 4 aromatic rings. The number of carbonyl (C=O) groups is 1. The largest absolute Gasteiger partial charge is 0.497 e. The number of thioether (sulfide) groups is 1. The number of rotatable bonds is 8. The Hall–Kier alpha value is -3.30. The molecule has 1 N–H and O–H groups in total. The zero-order valence-electron chi connectivity index (χ0n) is 19.3. The van der Waals surface area contributed by atoms with Crippen LogP contribution in [0.1, 0.15) is 26.8 Å². The van der Waals surface area contributed by atoms with Gasteiger partial charge in [0.2, 0.25) is 5.91 Å². The van der Waals surface area contributed by atoms with E-state index in [2.05, 4.69) is 20.6 Å². The molecule has 0 fully saturated rings. The molecule has 8 nitrogen and oxygen atoms in total. The van der Waals surface area contributed by atoms with Gasteiger partial charge >= 0.3 is 0 Å². The molecule has 34 heavy (non-hydrogen) atoms. The molecule has 2 aromatic heterocycles. The van der Waals surface area contributed by atoms with Crippen LogP contribution in [0, 0.1) is 0 Å². The molecule has 0 aliphatic rings. The first-order chi connectivity index (χ1) is 16.4. The molecule has 4 rings (SSSR count). The number of aromatic nitrogens is 5. The third kappa shape index (κ3) is 5.10. The number of nitrogens with zero attached hydrogens (tertiary/aromatic N) is 5. The summed E-state index contributed by atoms with van der Waals surface area (Å²) in [6.07, 6.45) is 1.67. The highest BCUT2D eigenvalue weighted by Gasteiger charge is 2.23. The zero-order chi connectivity index (χ0) is 24.2. The van der Waals surface area contributed by atoms with E-state index in [0.29, 0.717) is 21.8 Å². The van der Waals surface area contributed by atoms with Gasteiger partial charge in [0.15, 0.2) is 11.0 Å². The monoisotopic (exact) mass is 496 g/mol. The molecule has 1 atom stereocenters. The molecule has 2 heterocycles. The number of amides is 1. The number of nitrogens with one attached hydrogen (secondary N) is 1. The van der Waals surface area contributed by atoms with Crippen LogP contribution in [-0.2, 0) is 4.79 Å². The van der Waals surface area contributed by atoms with Crippen LogP contribution in [0.15, 0.2) is 66.0 Å². The van der Waals surface area contributed by atoms with Crippen LogP contribution in [0.2, 0.25) is 5.02 Å². The predicted octanol–water partition coefficient (Wildman–Crippen LogP) is 5.49. The molecular formula is C24H25ClN6O2S. The van der Waals surface area contributed by atoms with Crippen LogP contribution in [0.25, 0.3) is 17.1 Å². The molecular weight excluding hydrogens is 472 g/mol. The number of ether oxygens (including phenoxy) is 1. The maximum Gasteiger partial charge on any atom is 0.238 e. The summed E-state index contributed by atoms with van der Waals surface area (Å²) in [6.45, 7) is 5.86. The van der Waals surface area contributed by atoms with Gasteiger partial charge < -0.3 is 10.1 Å².